The highest BCUT2D eigenvalue weighted by molar-refractivity contribution is 6.27. The summed E-state index contributed by atoms with van der Waals surface area (Å²) in [6.45, 7) is 0.722. The van der Waals surface area contributed by atoms with E-state index in [1.165, 1.54) is 0 Å². The first-order valence-corrected chi connectivity index (χ1v) is 3.04. The standard InChI is InChI=1S/C3H4N2.C2H4BO2/c2*1-2-4-5-3-1/h1-3H,(H,4,5);1-2H2. The van der Waals surface area contributed by atoms with Gasteiger partial charge in [-0.05, 0) is 12.4 Å². The highest BCUT2D eigenvalue weighted by Gasteiger charge is 2.00. The number of hydrogen-bond acceptors (Lipinski definition) is 3. The van der Waals surface area contributed by atoms with Crippen molar-refractivity contribution in [3.8, 4) is 0 Å². The number of rotatable bonds is 0. The predicted octanol–water partition coefficient (Wildman–Crippen LogP) is 0.395. The average molecular weight is 139 g/mol. The van der Waals surface area contributed by atoms with Gasteiger partial charge in [-0.15, -0.1) is 0 Å². The fraction of sp³-hybridized carbons (Fsp3) is 0.400. The van der Waals surface area contributed by atoms with Crippen molar-refractivity contribution in [2.75, 3.05) is 6.61 Å². The smallest absolute Gasteiger partial charge is 0.311 e. The van der Waals surface area contributed by atoms with Gasteiger partial charge in [0.25, 0.3) is 0 Å². The van der Waals surface area contributed by atoms with Crippen LogP contribution in [-0.2, 0) is 9.69 Å². The van der Waals surface area contributed by atoms with Crippen LogP contribution in [0.25, 0.3) is 0 Å². The summed E-state index contributed by atoms with van der Waals surface area (Å²) < 4.78 is 0. The molecule has 4 nitrogen and oxygen atoms in total. The molecule has 0 aliphatic carbocycles. The molecule has 1 aliphatic heterocycles. The zero-order valence-electron chi connectivity index (χ0n) is 5.49. The normalized spacial score (nSPS) is 15.2. The maximum Gasteiger partial charge on any atom is 0.346 e. The average Bonchev–Trinajstić information content (AvgIpc) is 2.67. The highest BCUT2D eigenvalue weighted by Crippen LogP contribution is 1.91. The van der Waals surface area contributed by atoms with Crippen LogP contribution in [-0.4, -0.2) is 24.3 Å². The summed E-state index contributed by atoms with van der Waals surface area (Å²) in [5.74, 6) is 0. The van der Waals surface area contributed by atoms with E-state index in [0.717, 1.165) is 12.9 Å². The Morgan fingerprint density at radius 2 is 2.60 bits per heavy atom. The van der Waals surface area contributed by atoms with E-state index in [4.69, 9.17) is 0 Å². The van der Waals surface area contributed by atoms with Gasteiger partial charge in [-0.25, -0.2) is 0 Å². The lowest BCUT2D eigenvalue weighted by Gasteiger charge is -1.79. The van der Waals surface area contributed by atoms with Crippen LogP contribution >= 0.6 is 0 Å². The van der Waals surface area contributed by atoms with Crippen LogP contribution in [0.4, 0.5) is 0 Å². The zero-order chi connectivity index (χ0) is 7.07. The fourth-order valence-electron chi connectivity index (χ4n) is 0.456. The van der Waals surface area contributed by atoms with Gasteiger partial charge in [-0.1, -0.05) is 0 Å². The molecule has 1 N–H and O–H groups in total. The van der Waals surface area contributed by atoms with E-state index < -0.39 is 0 Å². The van der Waals surface area contributed by atoms with Gasteiger partial charge in [0.15, 0.2) is 0 Å². The van der Waals surface area contributed by atoms with Crippen LogP contribution in [0.2, 0.25) is 6.32 Å². The zero-order valence-corrected chi connectivity index (χ0v) is 5.49. The van der Waals surface area contributed by atoms with Gasteiger partial charge in [0.05, 0.1) is 6.61 Å². The first-order chi connectivity index (χ1) is 5.00. The lowest BCUT2D eigenvalue weighted by molar-refractivity contribution is -0.181. The Balaban J connectivity index is 0.0000001000. The van der Waals surface area contributed by atoms with Crippen LogP contribution in [0.3, 0.4) is 0 Å². The van der Waals surface area contributed by atoms with Crippen molar-refractivity contribution >= 4 is 7.48 Å². The van der Waals surface area contributed by atoms with Crippen molar-refractivity contribution in [2.24, 2.45) is 0 Å². The Hall–Kier alpha value is -0.805. The van der Waals surface area contributed by atoms with Gasteiger partial charge in [0.2, 0.25) is 0 Å². The van der Waals surface area contributed by atoms with Crippen molar-refractivity contribution in [2.45, 2.75) is 6.32 Å². The Morgan fingerprint density at radius 1 is 1.60 bits per heavy atom. The van der Waals surface area contributed by atoms with Crippen molar-refractivity contribution in [1.82, 2.24) is 10.2 Å². The molecule has 10 heavy (non-hydrogen) atoms. The Bertz CT molecular complexity index is 117. The molecule has 53 valence electrons. The molecule has 1 aromatic rings. The number of nitrogens with zero attached hydrogens (tertiary/aromatic N) is 1. The van der Waals surface area contributed by atoms with Crippen molar-refractivity contribution in [3.05, 3.63) is 18.5 Å². The van der Waals surface area contributed by atoms with Crippen LogP contribution in [0.1, 0.15) is 0 Å². The molecule has 1 saturated heterocycles. The fourth-order valence-corrected chi connectivity index (χ4v) is 0.456. The summed E-state index contributed by atoms with van der Waals surface area (Å²) in [4.78, 5) is 8.71. The Kier molecular flexibility index (Phi) is 3.66. The van der Waals surface area contributed by atoms with Crippen LogP contribution in [0.15, 0.2) is 18.5 Å². The van der Waals surface area contributed by atoms with E-state index in [0.29, 0.717) is 0 Å². The van der Waals surface area contributed by atoms with Gasteiger partial charge in [-0.3, -0.25) is 9.99 Å². The summed E-state index contributed by atoms with van der Waals surface area (Å²) >= 11 is 0. The molecule has 2 heterocycles. The first kappa shape index (κ1) is 7.30. The molecule has 0 atom stereocenters. The lowest BCUT2D eigenvalue weighted by Crippen LogP contribution is -1.78. The largest absolute Gasteiger partial charge is 0.346 e. The van der Waals surface area contributed by atoms with Crippen LogP contribution in [0.5, 0.6) is 0 Å². The molecule has 0 aromatic carbocycles. The summed E-state index contributed by atoms with van der Waals surface area (Å²) in [7, 11) is 1.64. The van der Waals surface area contributed by atoms with E-state index in [2.05, 4.69) is 19.9 Å². The second-order valence-corrected chi connectivity index (χ2v) is 1.64. The molecule has 0 unspecified atom stereocenters. The van der Waals surface area contributed by atoms with Gasteiger partial charge in [0.1, 0.15) is 0 Å². The van der Waals surface area contributed by atoms with Crippen molar-refractivity contribution in [1.29, 1.82) is 0 Å². The highest BCUT2D eigenvalue weighted by atomic mass is 17.2. The molecule has 5 heteroatoms. The SMILES string of the molecule is [B]1CCOO1.c1cn[nH]c1. The second kappa shape index (κ2) is 5.02. The topological polar surface area (TPSA) is 47.1 Å². The van der Waals surface area contributed by atoms with E-state index in [1.807, 2.05) is 6.07 Å². The molecule has 1 aliphatic rings. The van der Waals surface area contributed by atoms with Gasteiger partial charge in [-0.2, -0.15) is 5.10 Å². The molecule has 0 bridgehead atoms. The minimum absolute atomic E-state index is 0.722. The number of H-pyrrole nitrogens is 1. The molecule has 0 amide bonds. The molecule has 1 radical (unpaired) electrons. The van der Waals surface area contributed by atoms with Crippen LogP contribution < -0.4 is 0 Å². The van der Waals surface area contributed by atoms with Crippen LogP contribution in [0, 0.1) is 0 Å². The van der Waals surface area contributed by atoms with E-state index in [9.17, 15) is 0 Å². The van der Waals surface area contributed by atoms with Crippen molar-refractivity contribution < 1.29 is 9.69 Å². The summed E-state index contributed by atoms with van der Waals surface area (Å²) in [6, 6.07) is 1.83. The number of aromatic nitrogens is 2. The maximum absolute atomic E-state index is 4.39. The minimum atomic E-state index is 0.722. The monoisotopic (exact) mass is 139 g/mol. The van der Waals surface area contributed by atoms with Gasteiger partial charge >= 0.3 is 7.48 Å². The molecule has 2 rings (SSSR count). The molecular formula is C5H8BN2O2. The third-order valence-electron chi connectivity index (χ3n) is 0.861. The van der Waals surface area contributed by atoms with E-state index >= 15 is 0 Å². The third-order valence-corrected chi connectivity index (χ3v) is 0.861. The number of nitrogens with one attached hydrogen (secondary N) is 1. The first-order valence-electron chi connectivity index (χ1n) is 3.04. The molecular weight excluding hydrogens is 131 g/mol. The molecule has 0 saturated carbocycles. The summed E-state index contributed by atoms with van der Waals surface area (Å²) in [5, 5.41) is 6.21. The van der Waals surface area contributed by atoms with E-state index in [1.54, 1.807) is 19.9 Å². The Morgan fingerprint density at radius 3 is 2.80 bits per heavy atom. The minimum Gasteiger partial charge on any atom is -0.311 e. The Labute approximate surface area is 59.7 Å². The quantitative estimate of drug-likeness (QED) is 0.417. The molecule has 1 aromatic heterocycles. The van der Waals surface area contributed by atoms with Gasteiger partial charge < -0.3 is 4.81 Å². The summed E-state index contributed by atoms with van der Waals surface area (Å²) in [6.07, 6.45) is 4.39. The second-order valence-electron chi connectivity index (χ2n) is 1.64. The summed E-state index contributed by atoms with van der Waals surface area (Å²) in [5.41, 5.74) is 0. The molecule has 1 fully saturated rings. The third kappa shape index (κ3) is 3.27. The number of hydrogen-bond donors (Lipinski definition) is 1. The number of aromatic amines is 1. The predicted molar refractivity (Wildman–Crippen MR) is 36.2 cm³/mol. The van der Waals surface area contributed by atoms with Gasteiger partial charge in [0, 0.05) is 12.4 Å². The van der Waals surface area contributed by atoms with Crippen molar-refractivity contribution in [3.63, 3.8) is 0 Å². The maximum atomic E-state index is 4.39. The molecule has 0 spiro atoms. The lowest BCUT2D eigenvalue weighted by atomic mass is 9.99. The van der Waals surface area contributed by atoms with E-state index in [-0.39, 0.29) is 0 Å².